The van der Waals surface area contributed by atoms with E-state index in [1.54, 1.807) is 25.7 Å². The highest BCUT2D eigenvalue weighted by molar-refractivity contribution is 7.46. The molecule has 12 aliphatic rings. The predicted molar refractivity (Wildman–Crippen MR) is 373 cm³/mol. The molecule has 5 N–H and O–H groups in total. The molecule has 0 radical (unpaired) electrons. The molecule has 25 atom stereocenters. The van der Waals surface area contributed by atoms with Crippen LogP contribution in [0.4, 0.5) is 0 Å². The normalized spacial score (nSPS) is 44.4. The van der Waals surface area contributed by atoms with Crippen LogP contribution < -0.4 is 16.9 Å². The van der Waals surface area contributed by atoms with Crippen LogP contribution in [0, 0.1) is 85.8 Å². The molecular formula is C80H115O20P. The van der Waals surface area contributed by atoms with Gasteiger partial charge in [-0.3, -0.25) is 14.1 Å². The Kier molecular flexibility index (Phi) is 20.8. The number of hydrogen-bond acceptors (Lipinski definition) is 18. The topological polar surface area (TPSA) is 298 Å². The van der Waals surface area contributed by atoms with Gasteiger partial charge in [0.05, 0.1) is 53.9 Å². The van der Waals surface area contributed by atoms with E-state index in [1.165, 1.54) is 32.0 Å². The maximum absolute atomic E-state index is 12.3. The Hall–Kier alpha value is -4.34. The fourth-order valence-corrected chi connectivity index (χ4v) is 26.4. The van der Waals surface area contributed by atoms with Gasteiger partial charge in [-0.15, -0.1) is 0 Å². The van der Waals surface area contributed by atoms with Gasteiger partial charge < -0.3 is 62.0 Å². The lowest BCUT2D eigenvalue weighted by atomic mass is 9.43. The lowest BCUT2D eigenvalue weighted by Gasteiger charge is -2.63. The molecule has 0 aromatic carbocycles. The van der Waals surface area contributed by atoms with Gasteiger partial charge in [0, 0.05) is 48.3 Å². The largest absolute Gasteiger partial charge is 0.471 e. The Balaban J connectivity index is 0.000000135. The van der Waals surface area contributed by atoms with E-state index in [1.807, 2.05) is 18.2 Å². The number of hydrogen-bond donors (Lipinski definition) is 5. The molecule has 0 amide bonds. The molecule has 1 unspecified atom stereocenters. The van der Waals surface area contributed by atoms with Crippen molar-refractivity contribution in [2.24, 2.45) is 85.8 Å². The third-order valence-electron chi connectivity index (χ3n) is 31.6. The molecular weight excluding hydrogens is 1310 g/mol. The first-order valence-corrected chi connectivity index (χ1v) is 40.1. The first kappa shape index (κ1) is 74.9. The van der Waals surface area contributed by atoms with Crippen molar-refractivity contribution in [2.45, 2.75) is 295 Å². The fourth-order valence-electron chi connectivity index (χ4n) is 26.2. The molecule has 3 aromatic heterocycles. The second-order valence-corrected chi connectivity index (χ2v) is 36.6. The number of carbonyl (C=O) groups excluding carboxylic acids is 2. The minimum atomic E-state index is -4.52. The molecule has 560 valence electrons. The summed E-state index contributed by atoms with van der Waals surface area (Å²) in [4.78, 5) is 74.6. The van der Waals surface area contributed by atoms with Crippen LogP contribution in [0.1, 0.15) is 270 Å². The summed E-state index contributed by atoms with van der Waals surface area (Å²) < 4.78 is 58.8. The molecule has 15 rings (SSSR count). The van der Waals surface area contributed by atoms with Gasteiger partial charge in [-0.2, -0.15) is 0 Å². The first-order valence-electron chi connectivity index (χ1n) is 38.5. The molecule has 3 aromatic rings. The highest BCUT2D eigenvalue weighted by Gasteiger charge is 2.71. The first-order chi connectivity index (χ1) is 47.7. The number of phosphoric ester groups is 1. The van der Waals surface area contributed by atoms with E-state index in [4.69, 9.17) is 46.7 Å². The van der Waals surface area contributed by atoms with Gasteiger partial charge in [0.1, 0.15) is 0 Å². The predicted octanol–water partition coefficient (Wildman–Crippen LogP) is 14.3. The highest BCUT2D eigenvalue weighted by atomic mass is 31.2. The monoisotopic (exact) mass is 1430 g/mol. The third kappa shape index (κ3) is 13.4. The van der Waals surface area contributed by atoms with E-state index < -0.39 is 30.9 Å². The van der Waals surface area contributed by atoms with E-state index in [0.29, 0.717) is 47.3 Å². The molecule has 101 heavy (non-hydrogen) atoms. The lowest BCUT2D eigenvalue weighted by molar-refractivity contribution is -0.219. The number of rotatable bonds is 13. The van der Waals surface area contributed by atoms with Crippen LogP contribution in [0.5, 0.6) is 0 Å². The van der Waals surface area contributed by atoms with Crippen LogP contribution in [0.2, 0.25) is 0 Å². The van der Waals surface area contributed by atoms with Gasteiger partial charge in [-0.1, -0.05) is 41.5 Å². The van der Waals surface area contributed by atoms with Crippen molar-refractivity contribution < 1.29 is 80.7 Å². The Morgan fingerprint density at radius 3 is 1.13 bits per heavy atom. The molecule has 20 nitrogen and oxygen atoms in total. The molecule has 12 aliphatic carbocycles. The number of fused-ring (bicyclic) bond motifs is 15. The van der Waals surface area contributed by atoms with E-state index >= 15 is 0 Å². The molecule has 0 bridgehead atoms. The van der Waals surface area contributed by atoms with E-state index in [9.17, 15) is 43.9 Å². The van der Waals surface area contributed by atoms with Crippen LogP contribution in [-0.4, -0.2) is 92.0 Å². The van der Waals surface area contributed by atoms with Crippen molar-refractivity contribution in [2.75, 3.05) is 13.6 Å². The van der Waals surface area contributed by atoms with Crippen LogP contribution in [0.15, 0.2) is 82.8 Å². The highest BCUT2D eigenvalue weighted by Crippen LogP contribution is 2.74. The Morgan fingerprint density at radius 1 is 0.455 bits per heavy atom. The summed E-state index contributed by atoms with van der Waals surface area (Å²) in [6, 6.07) is 10.2. The summed E-state index contributed by atoms with van der Waals surface area (Å²) in [5.41, 5.74) is -0.00802. The van der Waals surface area contributed by atoms with Crippen molar-refractivity contribution >= 4 is 19.8 Å². The van der Waals surface area contributed by atoms with Gasteiger partial charge in [0.2, 0.25) is 0 Å². The Morgan fingerprint density at radius 2 is 0.802 bits per heavy atom. The molecule has 0 aliphatic heterocycles. The summed E-state index contributed by atoms with van der Waals surface area (Å²) >= 11 is 0. The van der Waals surface area contributed by atoms with Crippen LogP contribution in [0.25, 0.3) is 0 Å². The van der Waals surface area contributed by atoms with Gasteiger partial charge in [0.15, 0.2) is 19.9 Å². The maximum Gasteiger partial charge on any atom is 0.471 e. The third-order valence-corrected chi connectivity index (χ3v) is 32.0. The molecule has 12 fully saturated rings. The summed E-state index contributed by atoms with van der Waals surface area (Å²) in [6.07, 6.45) is 31.3. The quantitative estimate of drug-likeness (QED) is 0.0603. The van der Waals surface area contributed by atoms with Gasteiger partial charge in [-0.05, 0) is 302 Å². The zero-order valence-electron chi connectivity index (χ0n) is 61.2. The zero-order valence-corrected chi connectivity index (χ0v) is 62.1. The van der Waals surface area contributed by atoms with Crippen molar-refractivity contribution in [1.82, 2.24) is 0 Å². The van der Waals surface area contributed by atoms with E-state index in [0.717, 1.165) is 190 Å². The van der Waals surface area contributed by atoms with E-state index in [-0.39, 0.29) is 117 Å². The molecule has 12 saturated carbocycles. The minimum Gasteiger partial charge on any atom is -0.439 e. The van der Waals surface area contributed by atoms with Crippen LogP contribution in [-0.2, 0) is 42.4 Å². The second-order valence-electron chi connectivity index (χ2n) is 35.4. The molecule has 0 spiro atoms. The number of ether oxygens (including phenoxy) is 5. The van der Waals surface area contributed by atoms with Gasteiger partial charge in [0.25, 0.3) is 0 Å². The zero-order chi connectivity index (χ0) is 72.1. The van der Waals surface area contributed by atoms with E-state index in [2.05, 4.69) is 46.1 Å². The maximum atomic E-state index is 12.3. The lowest BCUT2D eigenvalue weighted by Crippen LogP contribution is -2.62. The average Bonchev–Trinajstić information content (AvgIpc) is 1.49. The summed E-state index contributed by atoms with van der Waals surface area (Å²) in [6.45, 7) is 18.4. The number of esters is 2. The number of phosphoric acid groups is 1. The van der Waals surface area contributed by atoms with Crippen molar-refractivity contribution in [1.29, 1.82) is 0 Å². The van der Waals surface area contributed by atoms with Crippen LogP contribution >= 0.6 is 7.82 Å². The van der Waals surface area contributed by atoms with Crippen molar-refractivity contribution in [3.63, 3.8) is 0 Å². The fraction of sp³-hybridized carbons (Fsp3) is 0.787. The minimum absolute atomic E-state index is 0.0502. The van der Waals surface area contributed by atoms with Gasteiger partial charge in [-0.25, -0.2) is 18.9 Å². The number of aliphatic hydroxyl groups is 3. The molecule has 0 saturated heterocycles. The SMILES string of the molecule is CC(=O)OC(C)O[C@H]1CC[C@@]2(C)[C@H](CC[C@@H]3[C@@H]2CC[C@]2(C)[C@@H](c4ccc(=O)oc4)CC[C@]32O)C1.CC(=O)OCO[C@H]1CC[C@@]2(C)[C@H](CC[C@@H]3[C@@H]2CC[C@]2(C)[C@@H](c4ccc(=O)oc4)CC[C@]32O)C1.C[C@]12CC[C@H](OCOP(=O)(O)O)C[C@H]1CC[C@@H]1[C@@H]2CC[C@]2(C)[C@@H](c3ccc(=O)oc3)CC[C@]12O. The van der Waals surface area contributed by atoms with Gasteiger partial charge >= 0.3 is 36.6 Å². The average molecular weight is 1430 g/mol. The smallest absolute Gasteiger partial charge is 0.439 e. The summed E-state index contributed by atoms with van der Waals surface area (Å²) in [5.74, 6) is 4.03. The Labute approximate surface area is 595 Å². The summed E-state index contributed by atoms with van der Waals surface area (Å²) in [5, 5.41) is 37.0. The van der Waals surface area contributed by atoms with Crippen molar-refractivity contribution in [3.8, 4) is 0 Å². The Bertz CT molecular complexity index is 3650. The summed E-state index contributed by atoms with van der Waals surface area (Å²) in [7, 11) is -4.52. The van der Waals surface area contributed by atoms with Crippen molar-refractivity contribution in [3.05, 3.63) is 103 Å². The van der Waals surface area contributed by atoms with Crippen LogP contribution in [0.3, 0.4) is 0 Å². The molecule has 21 heteroatoms. The standard InChI is InChI=1S/C28H40O6.C27H38O6.C25H37O8P/c1-17(29)33-18(2)34-21-9-12-26(3)20(15-21)6-7-24-23(26)10-13-27(4)22(11-14-28(24,27)31)19-5-8-25(30)32-16-19;1-17(28)32-16-33-20-8-11-25(2)19(14-20)5-6-23-22(25)9-12-26(3)21(10-13-27(23,26)30)18-4-7-24(29)31-15-18;1-23-10-7-18(32-15-33-34(28,29)30)13-17(23)4-5-21-20(23)8-11-24(2)19(9-12-25(21,24)27)16-3-6-22(26)31-14-16/h5,8,16,18,20-24,31H,6-7,9-15H2,1-4H3;4,7,15,19-23,30H,5-6,8-14,16H2,1-3H3;3,6,14,17-21,27H,4-5,7-13,15H2,1-2H3,(H2,28,29,30)/t18?,20-,21+,22-,23+,24-,26+,27-,28+;19-,20+,21-,22+,23-,25+,26-,27+;17-,18+,19-,20+,21-,23+,24-,25+/m111/s1. The molecule has 3 heterocycles. The second kappa shape index (κ2) is 28.1. The number of carbonyl (C=O) groups is 2.